The Kier molecular flexibility index (Phi) is 8.14. The molecular weight excluding hydrogens is 370 g/mol. The summed E-state index contributed by atoms with van der Waals surface area (Å²) in [5.74, 6) is -0.288. The third-order valence-electron chi connectivity index (χ3n) is 5.03. The van der Waals surface area contributed by atoms with E-state index in [1.165, 1.54) is 4.90 Å². The van der Waals surface area contributed by atoms with Crippen molar-refractivity contribution < 1.29 is 27.8 Å². The topological polar surface area (TPSA) is 60.0 Å². The number of hydrogen-bond donors (Lipinski definition) is 1. The van der Waals surface area contributed by atoms with Crippen molar-refractivity contribution in [2.45, 2.75) is 44.6 Å². The van der Waals surface area contributed by atoms with E-state index in [9.17, 15) is 13.6 Å². The molecule has 6 nitrogen and oxygen atoms in total. The number of amides is 1. The van der Waals surface area contributed by atoms with Gasteiger partial charge in [-0.1, -0.05) is 24.3 Å². The van der Waals surface area contributed by atoms with Crippen molar-refractivity contribution in [2.75, 3.05) is 39.5 Å². The molecule has 3 rings (SSSR count). The van der Waals surface area contributed by atoms with Crippen molar-refractivity contribution in [3.8, 4) is 0 Å². The average molecular weight is 398 g/mol. The molecule has 0 aliphatic carbocycles. The minimum atomic E-state index is -2.47. The molecule has 156 valence electrons. The fourth-order valence-electron chi connectivity index (χ4n) is 3.47. The van der Waals surface area contributed by atoms with Crippen molar-refractivity contribution in [3.63, 3.8) is 0 Å². The highest BCUT2D eigenvalue weighted by molar-refractivity contribution is 5.82. The zero-order valence-corrected chi connectivity index (χ0v) is 15.9. The van der Waals surface area contributed by atoms with Gasteiger partial charge in [-0.15, -0.1) is 0 Å². The Morgan fingerprint density at radius 1 is 1.21 bits per heavy atom. The number of carbonyl (C=O) groups is 1. The fraction of sp³-hybridized carbons (Fsp3) is 0.650. The largest absolute Gasteiger partial charge is 0.381 e. The first kappa shape index (κ1) is 21.1. The van der Waals surface area contributed by atoms with Crippen LogP contribution in [0.2, 0.25) is 0 Å². The van der Waals surface area contributed by atoms with Crippen LogP contribution in [0.4, 0.5) is 8.78 Å². The third kappa shape index (κ3) is 6.48. The molecule has 0 saturated carbocycles. The van der Waals surface area contributed by atoms with Crippen LogP contribution in [-0.2, 0) is 32.2 Å². The summed E-state index contributed by atoms with van der Waals surface area (Å²) in [5, 5.41) is 2.84. The van der Waals surface area contributed by atoms with E-state index in [0.717, 1.165) is 37.2 Å². The van der Waals surface area contributed by atoms with E-state index in [2.05, 4.69) is 5.32 Å². The van der Waals surface area contributed by atoms with Crippen LogP contribution in [0, 0.1) is 0 Å². The van der Waals surface area contributed by atoms with Gasteiger partial charge in [0, 0.05) is 26.3 Å². The molecule has 2 saturated heterocycles. The Morgan fingerprint density at radius 3 is 2.79 bits per heavy atom. The molecule has 0 unspecified atom stereocenters. The Morgan fingerprint density at radius 2 is 2.00 bits per heavy atom. The maximum absolute atomic E-state index is 12.7. The summed E-state index contributed by atoms with van der Waals surface area (Å²) in [6, 6.07) is 7.16. The molecule has 1 atom stereocenters. The zero-order chi connectivity index (χ0) is 19.8. The maximum Gasteiger partial charge on any atom is 0.251 e. The van der Waals surface area contributed by atoms with E-state index in [-0.39, 0.29) is 18.6 Å². The first-order valence-electron chi connectivity index (χ1n) is 9.76. The van der Waals surface area contributed by atoms with Crippen LogP contribution in [0.25, 0.3) is 0 Å². The minimum absolute atomic E-state index is 0.136. The van der Waals surface area contributed by atoms with Gasteiger partial charge in [-0.2, -0.15) is 0 Å². The normalized spacial score (nSPS) is 21.8. The maximum atomic E-state index is 12.7. The third-order valence-corrected chi connectivity index (χ3v) is 5.03. The van der Waals surface area contributed by atoms with Crippen molar-refractivity contribution in [3.05, 3.63) is 35.4 Å². The molecule has 1 N–H and O–H groups in total. The lowest BCUT2D eigenvalue weighted by Gasteiger charge is -2.34. The van der Waals surface area contributed by atoms with Crippen LogP contribution in [-0.4, -0.2) is 68.9 Å². The number of nitrogens with zero attached hydrogens (tertiary/aromatic N) is 1. The van der Waals surface area contributed by atoms with Crippen LogP contribution in [0.5, 0.6) is 0 Å². The van der Waals surface area contributed by atoms with Crippen LogP contribution < -0.4 is 5.32 Å². The van der Waals surface area contributed by atoms with Gasteiger partial charge in [-0.05, 0) is 24.0 Å². The zero-order valence-electron chi connectivity index (χ0n) is 15.9. The second kappa shape index (κ2) is 10.8. The van der Waals surface area contributed by atoms with Gasteiger partial charge in [-0.25, -0.2) is 8.78 Å². The summed E-state index contributed by atoms with van der Waals surface area (Å²) < 4.78 is 42.0. The average Bonchev–Trinajstić information content (AvgIpc) is 2.71. The summed E-state index contributed by atoms with van der Waals surface area (Å²) in [5.41, 5.74) is 1.98. The van der Waals surface area contributed by atoms with Crippen molar-refractivity contribution in [1.29, 1.82) is 0 Å². The quantitative estimate of drug-likeness (QED) is 0.726. The first-order chi connectivity index (χ1) is 13.6. The van der Waals surface area contributed by atoms with Crippen LogP contribution >= 0.6 is 0 Å². The molecule has 1 amide bonds. The summed E-state index contributed by atoms with van der Waals surface area (Å²) in [6.45, 7) is 2.76. The Balaban J connectivity index is 1.48. The standard InChI is InChI=1S/C20H28F2N2O4/c21-19(22)12-24-6-9-27-14-18(24)20(25)23-11-15-2-1-3-16(10-15)13-28-17-4-7-26-8-5-17/h1-3,10,17-19H,4-9,11-14H2,(H,23,25)/t18-/m0/s1. The molecule has 8 heteroatoms. The Labute approximate surface area is 164 Å². The van der Waals surface area contributed by atoms with E-state index in [4.69, 9.17) is 14.2 Å². The van der Waals surface area contributed by atoms with Gasteiger partial charge < -0.3 is 19.5 Å². The molecule has 2 heterocycles. The predicted molar refractivity (Wildman–Crippen MR) is 99.1 cm³/mol. The summed E-state index contributed by atoms with van der Waals surface area (Å²) >= 11 is 0. The second-order valence-electron chi connectivity index (χ2n) is 7.14. The number of halogens is 2. The van der Waals surface area contributed by atoms with E-state index >= 15 is 0 Å². The summed E-state index contributed by atoms with van der Waals surface area (Å²) in [4.78, 5) is 14.0. The fourth-order valence-corrected chi connectivity index (χ4v) is 3.47. The Bertz CT molecular complexity index is 626. The number of benzene rings is 1. The number of morpholine rings is 1. The lowest BCUT2D eigenvalue weighted by molar-refractivity contribution is -0.134. The van der Waals surface area contributed by atoms with E-state index in [1.54, 1.807) is 0 Å². The molecular formula is C20H28F2N2O4. The number of nitrogens with one attached hydrogen (secondary N) is 1. The highest BCUT2D eigenvalue weighted by Gasteiger charge is 2.30. The number of hydrogen-bond acceptors (Lipinski definition) is 5. The first-order valence-corrected chi connectivity index (χ1v) is 9.76. The molecule has 2 fully saturated rings. The number of carbonyl (C=O) groups excluding carboxylic acids is 1. The van der Waals surface area contributed by atoms with Crippen LogP contribution in [0.3, 0.4) is 0 Å². The van der Waals surface area contributed by atoms with Gasteiger partial charge >= 0.3 is 0 Å². The molecule has 0 spiro atoms. The van der Waals surface area contributed by atoms with Crippen molar-refractivity contribution in [1.82, 2.24) is 10.2 Å². The Hall–Kier alpha value is -1.61. The molecule has 0 aromatic heterocycles. The second-order valence-corrected chi connectivity index (χ2v) is 7.14. The van der Waals surface area contributed by atoms with Crippen LogP contribution in [0.15, 0.2) is 24.3 Å². The van der Waals surface area contributed by atoms with Gasteiger partial charge in [0.05, 0.1) is 32.5 Å². The summed E-state index contributed by atoms with van der Waals surface area (Å²) in [6.07, 6.45) is -0.423. The number of ether oxygens (including phenoxy) is 3. The molecule has 1 aromatic rings. The number of rotatable bonds is 8. The van der Waals surface area contributed by atoms with Gasteiger partial charge in [0.15, 0.2) is 0 Å². The highest BCUT2D eigenvalue weighted by atomic mass is 19.3. The highest BCUT2D eigenvalue weighted by Crippen LogP contribution is 2.15. The van der Waals surface area contributed by atoms with Crippen LogP contribution in [0.1, 0.15) is 24.0 Å². The number of alkyl halides is 2. The van der Waals surface area contributed by atoms with E-state index in [0.29, 0.717) is 26.3 Å². The summed E-state index contributed by atoms with van der Waals surface area (Å²) in [7, 11) is 0. The van der Waals surface area contributed by atoms with Crippen molar-refractivity contribution >= 4 is 5.91 Å². The molecule has 1 aromatic carbocycles. The lowest BCUT2D eigenvalue weighted by Crippen LogP contribution is -2.54. The molecule has 0 radical (unpaired) electrons. The van der Waals surface area contributed by atoms with E-state index < -0.39 is 19.0 Å². The molecule has 0 bridgehead atoms. The molecule has 28 heavy (non-hydrogen) atoms. The molecule has 2 aliphatic rings. The minimum Gasteiger partial charge on any atom is -0.381 e. The molecule has 2 aliphatic heterocycles. The van der Waals surface area contributed by atoms with Gasteiger partial charge in [0.2, 0.25) is 5.91 Å². The smallest absolute Gasteiger partial charge is 0.251 e. The van der Waals surface area contributed by atoms with Gasteiger partial charge in [0.25, 0.3) is 6.43 Å². The van der Waals surface area contributed by atoms with Gasteiger partial charge in [0.1, 0.15) is 6.04 Å². The van der Waals surface area contributed by atoms with Crippen molar-refractivity contribution in [2.24, 2.45) is 0 Å². The lowest BCUT2D eigenvalue weighted by atomic mass is 10.1. The SMILES string of the molecule is O=C(NCc1cccc(COC2CCOCC2)c1)[C@@H]1COCCN1CC(F)F. The predicted octanol–water partition coefficient (Wildman–Crippen LogP) is 1.96. The van der Waals surface area contributed by atoms with Gasteiger partial charge in [-0.3, -0.25) is 9.69 Å². The monoisotopic (exact) mass is 398 g/mol. The van der Waals surface area contributed by atoms with E-state index in [1.807, 2.05) is 24.3 Å².